The molecule has 8 aromatic carbocycles. The van der Waals surface area contributed by atoms with E-state index in [-0.39, 0.29) is 61.8 Å². The Hall–Kier alpha value is -15.0. The number of nitrogens with zero attached hydrogens (tertiary/aromatic N) is 14. The van der Waals surface area contributed by atoms with Crippen molar-refractivity contribution in [2.75, 3.05) is 0 Å². The van der Waals surface area contributed by atoms with Crippen molar-refractivity contribution < 1.29 is 86.2 Å². The van der Waals surface area contributed by atoms with E-state index in [1.54, 1.807) is 103 Å². The number of para-hydroxylation sites is 4. The number of hydrogen-bond donors (Lipinski definition) is 7. The lowest BCUT2D eigenvalue weighted by Crippen LogP contribution is -2.35. The third-order valence-corrected chi connectivity index (χ3v) is 22.8. The minimum absolute atomic E-state index is 0.0179. The van der Waals surface area contributed by atoms with Gasteiger partial charge in [0.25, 0.3) is 12.3 Å². The third-order valence-electron chi connectivity index (χ3n) is 22.2. The minimum atomic E-state index is -3.40. The molecule has 2 unspecified atom stereocenters. The Balaban J connectivity index is 0.000000137. The zero-order chi connectivity index (χ0) is 98.7. The standard InChI is InChI=1S/C29H21F6N7O.C25H24F2N4O2.C19H15F2N5.C18H19BrF2N2O2.C7H6BN2O2/c30-14-4-13(5-15(31)7-14)6-21(25-18(9-36-11-38-25)16-2-1-3-20-24(16)39-12-37-20)40-22(43)10-42-27-23(26(41-42)28(32)33)17-8-19(17)29(27,34)35;1-25(2,3)33-22(32)10-16(7-15-8-17(26)11-18(27)9-15)23-20(12-28-13-30-23)19-5-4-6-21-24(19)31-14-29-21;20-12-4-11(5-13(21)7-12)6-16(22)18-15(8-23-9-25-18)14-2-1-3-17-19(14)26-10-24-17;1-18(2,3)25-16(24)7-12(17-15(19)9-22-10-23-17)4-11-5-13(20)8-14(21)6-11;11-8-12-6-3-1-2-5-7(6)10-4-9-5/h1-5,7,9,11-12,17,19,21,28H,6,8,10H2,(H,37,39)(H,40,43);4-6,8-9,11-14,16H,7,10H2,1-3H3,(H,29,31);1-5,7-10,16H,6,22H2,(H,24,26);5-6,8-10,12H,4,7H2,1-3H3;1-4,11H,(H,9,10)/t17?,19?,21-;2*16-;12-;/m0101./s1. The van der Waals surface area contributed by atoms with Crippen LogP contribution in [0.1, 0.15) is 159 Å². The lowest BCUT2D eigenvalue weighted by Gasteiger charge is -2.23. The topological polar surface area (TPSA) is 373 Å². The van der Waals surface area contributed by atoms with Crippen molar-refractivity contribution in [1.82, 2.24) is 94.8 Å². The molecule has 1 amide bonds. The molecule has 0 spiro atoms. The van der Waals surface area contributed by atoms with Crippen LogP contribution in [0.5, 0.6) is 5.75 Å². The van der Waals surface area contributed by atoms with E-state index in [1.165, 1.54) is 74.2 Å². The predicted octanol–water partition coefficient (Wildman–Crippen LogP) is 19.7. The van der Waals surface area contributed by atoms with Crippen LogP contribution in [-0.4, -0.2) is 131 Å². The van der Waals surface area contributed by atoms with Gasteiger partial charge in [0.15, 0.2) is 0 Å². The van der Waals surface area contributed by atoms with E-state index >= 15 is 8.78 Å². The number of halogens is 13. The van der Waals surface area contributed by atoms with Gasteiger partial charge in [-0.15, -0.1) is 0 Å². The molecule has 19 rings (SSSR count). The molecule has 8 N–H and O–H groups in total. The number of amides is 1. The molecule has 17 aromatic rings. The van der Waals surface area contributed by atoms with Crippen LogP contribution < -0.4 is 15.7 Å². The Morgan fingerprint density at radius 2 is 0.863 bits per heavy atom. The van der Waals surface area contributed by atoms with Crippen LogP contribution >= 0.6 is 15.9 Å². The molecular weight excluding hydrogens is 1890 g/mol. The number of aromatic amines is 4. The molecule has 0 aliphatic heterocycles. The summed E-state index contributed by atoms with van der Waals surface area (Å²) in [5.41, 5.74) is 17.2. The fraction of sp³-hybridized carbons (Fsp3) is 0.245. The van der Waals surface area contributed by atoms with Gasteiger partial charge in [0, 0.05) is 106 Å². The van der Waals surface area contributed by atoms with Gasteiger partial charge in [0.05, 0.1) is 116 Å². The molecule has 41 heteroatoms. The van der Waals surface area contributed by atoms with Gasteiger partial charge in [-0.05, 0) is 197 Å². The number of imidazole rings is 4. The summed E-state index contributed by atoms with van der Waals surface area (Å²) in [7, 11) is 0.642. The van der Waals surface area contributed by atoms with E-state index in [4.69, 9.17) is 24.9 Å². The van der Waals surface area contributed by atoms with E-state index in [0.29, 0.717) is 95.7 Å². The van der Waals surface area contributed by atoms with Gasteiger partial charge >= 0.3 is 19.6 Å². The number of nitrogens with one attached hydrogen (secondary N) is 5. The second-order valence-corrected chi connectivity index (χ2v) is 35.5. The molecule has 27 nitrogen and oxygen atoms in total. The van der Waals surface area contributed by atoms with Crippen LogP contribution in [0.3, 0.4) is 0 Å². The number of carbonyl (C=O) groups excluding carboxylic acids is 3. The molecule has 1 saturated carbocycles. The predicted molar refractivity (Wildman–Crippen MR) is 492 cm³/mol. The van der Waals surface area contributed by atoms with Gasteiger partial charge in [-0.25, -0.2) is 104 Å². The van der Waals surface area contributed by atoms with Gasteiger partial charge in [-0.1, -0.05) is 42.5 Å². The highest BCUT2D eigenvalue weighted by Gasteiger charge is 2.67. The maximum absolute atomic E-state index is 15.1. The van der Waals surface area contributed by atoms with E-state index in [1.807, 2.05) is 48.5 Å². The number of benzene rings is 8. The normalized spacial score (nSPS) is 14.3. The molecule has 0 bridgehead atoms. The third kappa shape index (κ3) is 24.3. The smallest absolute Gasteiger partial charge is 0.536 e. The van der Waals surface area contributed by atoms with Crippen LogP contribution in [0.2, 0.25) is 0 Å². The maximum atomic E-state index is 15.1. The summed E-state index contributed by atoms with van der Waals surface area (Å²) in [6.07, 6.45) is 15.7. The summed E-state index contributed by atoms with van der Waals surface area (Å²) in [5, 5.41) is 14.9. The van der Waals surface area contributed by atoms with Crippen LogP contribution in [0.4, 0.5) is 52.7 Å². The fourth-order valence-corrected chi connectivity index (χ4v) is 17.3. The van der Waals surface area contributed by atoms with Gasteiger partial charge in [0.1, 0.15) is 112 Å². The quantitative estimate of drug-likeness (QED) is 0.0159. The number of esters is 2. The molecular formula is C98H85BBrF12N20O7. The van der Waals surface area contributed by atoms with E-state index in [2.05, 4.69) is 106 Å². The molecule has 0 saturated heterocycles. The summed E-state index contributed by atoms with van der Waals surface area (Å²) in [5.74, 6) is -12.8. The maximum Gasteiger partial charge on any atom is 0.569 e. The SMILES string of the molecule is CC(C)(C)OC(=O)C[C@@H](Cc1cc(F)cc(F)c1)c1ncncc1-c1cccc2[nH]cnc12.CC(C)(C)OC(=O)C[C@@H](Cc1cc(F)cc(F)c1)c1ncncc1Br.N[C@@H](Cc1cc(F)cc(F)c1)c1ncncc1-c1cccc2[nH]cnc12.O=C(Cn1nc(C(F)F)c2c1C(F)(F)C1CC21)N[C@@H](Cc1cc(F)cc(F)c1)c1ncncc1-c1cccc2[nH]cnc12.O[B]Oc1cccc2[nH]cnc12. The largest absolute Gasteiger partial charge is 0.569 e. The Morgan fingerprint density at radius 1 is 0.489 bits per heavy atom. The van der Waals surface area contributed by atoms with Crippen molar-refractivity contribution in [2.45, 2.75) is 146 Å². The van der Waals surface area contributed by atoms with Gasteiger partial charge in [-0.3, -0.25) is 19.1 Å². The summed E-state index contributed by atoms with van der Waals surface area (Å²) in [6.45, 7) is 9.92. The minimum Gasteiger partial charge on any atom is -0.536 e. The van der Waals surface area contributed by atoms with Crippen molar-refractivity contribution in [3.8, 4) is 39.1 Å². The second kappa shape index (κ2) is 42.7. The lowest BCUT2D eigenvalue weighted by molar-refractivity contribution is -0.156. The molecule has 9 heterocycles. The molecule has 1 fully saturated rings. The number of fused-ring (bicyclic) bond motifs is 7. The van der Waals surface area contributed by atoms with Gasteiger partial charge in [-0.2, -0.15) is 13.9 Å². The van der Waals surface area contributed by atoms with Crippen LogP contribution in [0.25, 0.3) is 77.5 Å². The highest BCUT2D eigenvalue weighted by molar-refractivity contribution is 9.10. The Labute approximate surface area is 793 Å². The van der Waals surface area contributed by atoms with Crippen molar-refractivity contribution in [3.63, 3.8) is 0 Å². The first kappa shape index (κ1) is 98.5. The fourth-order valence-electron chi connectivity index (χ4n) is 16.7. The molecule has 2 aliphatic rings. The number of hydrogen-bond acceptors (Lipinski definition) is 21. The first-order valence-electron chi connectivity index (χ1n) is 43.2. The van der Waals surface area contributed by atoms with E-state index in [9.17, 15) is 58.3 Å². The number of carbonyl (C=O) groups is 3. The number of rotatable bonds is 25. The van der Waals surface area contributed by atoms with Crippen molar-refractivity contribution >= 4 is 85.6 Å². The van der Waals surface area contributed by atoms with Crippen molar-refractivity contribution in [2.24, 2.45) is 11.7 Å². The number of alkyl halides is 4. The summed E-state index contributed by atoms with van der Waals surface area (Å²) >= 11 is 3.37. The lowest BCUT2D eigenvalue weighted by atomic mass is 9.88. The van der Waals surface area contributed by atoms with Crippen LogP contribution in [0, 0.1) is 52.5 Å². The Kier molecular flexibility index (Phi) is 30.3. The molecule has 9 aromatic heterocycles. The Morgan fingerprint density at radius 3 is 1.29 bits per heavy atom. The van der Waals surface area contributed by atoms with Crippen molar-refractivity contribution in [3.05, 3.63) is 334 Å². The average Bonchev–Trinajstić information content (AvgIpc) is 1.52. The zero-order valence-electron chi connectivity index (χ0n) is 74.7. The molecule has 2 aliphatic carbocycles. The first-order chi connectivity index (χ1) is 66.5. The monoisotopic (exact) mass is 1970 g/mol. The number of nitrogens with two attached hydrogens (primary N) is 1. The second-order valence-electron chi connectivity index (χ2n) is 34.6. The number of H-pyrrole nitrogens is 4. The van der Waals surface area contributed by atoms with Crippen LogP contribution in [-0.2, 0) is 62.0 Å². The van der Waals surface area contributed by atoms with Crippen molar-refractivity contribution in [1.29, 1.82) is 0 Å². The highest BCUT2D eigenvalue weighted by Crippen LogP contribution is 2.68. The summed E-state index contributed by atoms with van der Waals surface area (Å²) in [4.78, 5) is 101. The Bertz CT molecular complexity index is 7220. The molecule has 6 atom stereocenters. The highest BCUT2D eigenvalue weighted by atomic mass is 79.9. The molecule has 139 heavy (non-hydrogen) atoms. The van der Waals surface area contributed by atoms with E-state index in [0.717, 1.165) is 74.6 Å². The average molecular weight is 1970 g/mol. The number of aromatic nitrogens is 18. The number of ether oxygens (including phenoxy) is 2. The zero-order valence-corrected chi connectivity index (χ0v) is 76.3. The van der Waals surface area contributed by atoms with E-state index < -0.39 is 142 Å². The van der Waals surface area contributed by atoms with Gasteiger partial charge in [0.2, 0.25) is 5.91 Å². The van der Waals surface area contributed by atoms with Gasteiger partial charge < -0.3 is 50.1 Å². The molecule has 1 radical (unpaired) electrons. The van der Waals surface area contributed by atoms with Crippen LogP contribution in [0.15, 0.2) is 225 Å². The summed E-state index contributed by atoms with van der Waals surface area (Å²) in [6, 6.07) is 33.6. The summed E-state index contributed by atoms with van der Waals surface area (Å²) < 4.78 is 184. The first-order valence-corrected chi connectivity index (χ1v) is 44.0. The molecule has 713 valence electrons.